The Kier molecular flexibility index (Phi) is 3.87. The summed E-state index contributed by atoms with van der Waals surface area (Å²) in [6.45, 7) is -0.00667. The predicted octanol–water partition coefficient (Wildman–Crippen LogP) is 1.41. The molecule has 1 aliphatic rings. The number of ether oxygens (including phenoxy) is 3. The molecule has 9 heteroatoms. The number of carbonyl (C=O) groups is 1. The molecule has 3 heterocycles. The molecule has 1 aromatic carbocycles. The molecule has 0 bridgehead atoms. The van der Waals surface area contributed by atoms with Crippen LogP contribution in [-0.2, 0) is 4.79 Å². The summed E-state index contributed by atoms with van der Waals surface area (Å²) >= 11 is 0. The van der Waals surface area contributed by atoms with Crippen molar-refractivity contribution in [2.45, 2.75) is 0 Å². The van der Waals surface area contributed by atoms with Crippen LogP contribution in [0.25, 0.3) is 5.82 Å². The van der Waals surface area contributed by atoms with Crippen LogP contribution >= 0.6 is 0 Å². The number of carbonyl (C=O) groups excluding carboxylic acids is 1. The lowest BCUT2D eigenvalue weighted by Gasteiger charge is -2.07. The Balaban J connectivity index is 1.32. The molecular weight excluding hydrogens is 326 g/mol. The highest BCUT2D eigenvalue weighted by molar-refractivity contribution is 5.92. The van der Waals surface area contributed by atoms with Crippen molar-refractivity contribution in [3.05, 3.63) is 48.8 Å². The predicted molar refractivity (Wildman–Crippen MR) is 85.8 cm³/mol. The smallest absolute Gasteiger partial charge is 0.262 e. The summed E-state index contributed by atoms with van der Waals surface area (Å²) in [4.78, 5) is 12.0. The quantitative estimate of drug-likeness (QED) is 0.750. The molecule has 0 unspecified atom stereocenters. The van der Waals surface area contributed by atoms with E-state index >= 15 is 0 Å². The number of rotatable bonds is 5. The zero-order valence-electron chi connectivity index (χ0n) is 13.0. The monoisotopic (exact) mass is 339 g/mol. The van der Waals surface area contributed by atoms with Crippen LogP contribution in [0.15, 0.2) is 48.8 Å². The third-order valence-electron chi connectivity index (χ3n) is 3.37. The number of aromatic nitrogens is 4. The SMILES string of the molecule is O=C(COc1ccc(-n2cccn2)nn1)Nc1ccc2c(c1)OCO2. The van der Waals surface area contributed by atoms with Crippen LogP contribution < -0.4 is 19.5 Å². The molecular formula is C16H13N5O4. The third kappa shape index (κ3) is 3.34. The zero-order chi connectivity index (χ0) is 17.1. The van der Waals surface area contributed by atoms with Crippen LogP contribution in [0.4, 0.5) is 5.69 Å². The minimum Gasteiger partial charge on any atom is -0.466 e. The molecule has 1 amide bonds. The number of nitrogens with zero attached hydrogens (tertiary/aromatic N) is 4. The summed E-state index contributed by atoms with van der Waals surface area (Å²) in [5, 5.41) is 14.7. The maximum atomic E-state index is 12.0. The van der Waals surface area contributed by atoms with E-state index in [1.54, 1.807) is 53.5 Å². The molecule has 126 valence electrons. The first-order chi connectivity index (χ1) is 12.3. The number of amides is 1. The molecule has 0 saturated heterocycles. The summed E-state index contributed by atoms with van der Waals surface area (Å²) < 4.78 is 17.4. The Labute approximate surface area is 142 Å². The summed E-state index contributed by atoms with van der Waals surface area (Å²) in [6.07, 6.45) is 3.40. The van der Waals surface area contributed by atoms with Crippen LogP contribution in [0.3, 0.4) is 0 Å². The maximum absolute atomic E-state index is 12.0. The highest BCUT2D eigenvalue weighted by Gasteiger charge is 2.14. The van der Waals surface area contributed by atoms with Crippen LogP contribution in [-0.4, -0.2) is 39.3 Å². The van der Waals surface area contributed by atoms with Gasteiger partial charge in [0, 0.05) is 30.2 Å². The van der Waals surface area contributed by atoms with Gasteiger partial charge in [-0.2, -0.15) is 5.10 Å². The molecule has 1 aliphatic heterocycles. The highest BCUT2D eigenvalue weighted by atomic mass is 16.7. The molecule has 0 radical (unpaired) electrons. The number of benzene rings is 1. The lowest BCUT2D eigenvalue weighted by molar-refractivity contribution is -0.118. The van der Waals surface area contributed by atoms with Gasteiger partial charge < -0.3 is 19.5 Å². The molecule has 0 spiro atoms. The molecule has 2 aromatic heterocycles. The molecule has 0 aliphatic carbocycles. The standard InChI is InChI=1S/C16H13N5O4/c22-15(18-11-2-3-12-13(8-11)25-10-24-12)9-23-16-5-4-14(19-20-16)21-7-1-6-17-21/h1-8H,9-10H2,(H,18,22). The average molecular weight is 339 g/mol. The fourth-order valence-electron chi connectivity index (χ4n) is 2.23. The van der Waals surface area contributed by atoms with Crippen molar-refractivity contribution in [3.63, 3.8) is 0 Å². The van der Waals surface area contributed by atoms with Crippen LogP contribution in [0.1, 0.15) is 0 Å². The Morgan fingerprint density at radius 2 is 2.12 bits per heavy atom. The number of anilines is 1. The molecule has 3 aromatic rings. The molecule has 0 fully saturated rings. The van der Waals surface area contributed by atoms with E-state index in [2.05, 4.69) is 20.6 Å². The summed E-state index contributed by atoms with van der Waals surface area (Å²) in [6, 6.07) is 10.3. The van der Waals surface area contributed by atoms with Gasteiger partial charge in [-0.1, -0.05) is 0 Å². The number of hydrogen-bond acceptors (Lipinski definition) is 7. The van der Waals surface area contributed by atoms with Crippen molar-refractivity contribution in [3.8, 4) is 23.2 Å². The van der Waals surface area contributed by atoms with Gasteiger partial charge in [-0.25, -0.2) is 4.68 Å². The topological polar surface area (TPSA) is 100 Å². The van der Waals surface area contributed by atoms with E-state index in [1.807, 2.05) is 0 Å². The number of fused-ring (bicyclic) bond motifs is 1. The second-order valence-electron chi connectivity index (χ2n) is 5.09. The van der Waals surface area contributed by atoms with Gasteiger partial charge in [-0.15, -0.1) is 10.2 Å². The highest BCUT2D eigenvalue weighted by Crippen LogP contribution is 2.34. The van der Waals surface area contributed by atoms with Crippen molar-refractivity contribution in [1.82, 2.24) is 20.0 Å². The van der Waals surface area contributed by atoms with E-state index < -0.39 is 0 Å². The van der Waals surface area contributed by atoms with E-state index in [-0.39, 0.29) is 25.2 Å². The summed E-state index contributed by atoms with van der Waals surface area (Å²) in [5.41, 5.74) is 0.595. The minimum atomic E-state index is -0.322. The molecule has 9 nitrogen and oxygen atoms in total. The third-order valence-corrected chi connectivity index (χ3v) is 3.37. The van der Waals surface area contributed by atoms with Gasteiger partial charge in [0.2, 0.25) is 12.7 Å². The Morgan fingerprint density at radius 3 is 2.92 bits per heavy atom. The Morgan fingerprint density at radius 1 is 1.20 bits per heavy atom. The van der Waals surface area contributed by atoms with E-state index in [0.717, 1.165) is 0 Å². The van der Waals surface area contributed by atoms with E-state index in [4.69, 9.17) is 14.2 Å². The Hall–Kier alpha value is -3.62. The van der Waals surface area contributed by atoms with Gasteiger partial charge >= 0.3 is 0 Å². The summed E-state index contributed by atoms with van der Waals surface area (Å²) in [7, 11) is 0. The van der Waals surface area contributed by atoms with Gasteiger partial charge in [0.15, 0.2) is 23.9 Å². The van der Waals surface area contributed by atoms with E-state index in [9.17, 15) is 4.79 Å². The second kappa shape index (κ2) is 6.48. The first-order valence-electron chi connectivity index (χ1n) is 7.44. The van der Waals surface area contributed by atoms with Crippen molar-refractivity contribution in [2.24, 2.45) is 0 Å². The van der Waals surface area contributed by atoms with Crippen molar-refractivity contribution in [1.29, 1.82) is 0 Å². The number of hydrogen-bond donors (Lipinski definition) is 1. The summed E-state index contributed by atoms with van der Waals surface area (Å²) in [5.74, 6) is 1.73. The van der Waals surface area contributed by atoms with Crippen molar-refractivity contribution >= 4 is 11.6 Å². The molecule has 4 rings (SSSR count). The van der Waals surface area contributed by atoms with Crippen molar-refractivity contribution in [2.75, 3.05) is 18.7 Å². The maximum Gasteiger partial charge on any atom is 0.262 e. The molecule has 25 heavy (non-hydrogen) atoms. The van der Waals surface area contributed by atoms with Gasteiger partial charge in [0.25, 0.3) is 5.91 Å². The lowest BCUT2D eigenvalue weighted by atomic mass is 10.3. The first kappa shape index (κ1) is 14.9. The van der Waals surface area contributed by atoms with Crippen molar-refractivity contribution < 1.29 is 19.0 Å². The van der Waals surface area contributed by atoms with Crippen LogP contribution in [0, 0.1) is 0 Å². The Bertz CT molecular complexity index is 880. The molecule has 0 saturated carbocycles. The first-order valence-corrected chi connectivity index (χ1v) is 7.44. The molecule has 1 N–H and O–H groups in total. The van der Waals surface area contributed by atoms with Gasteiger partial charge in [-0.3, -0.25) is 4.79 Å². The van der Waals surface area contributed by atoms with Crippen LogP contribution in [0.2, 0.25) is 0 Å². The fraction of sp³-hybridized carbons (Fsp3) is 0.125. The lowest BCUT2D eigenvalue weighted by Crippen LogP contribution is -2.20. The van der Waals surface area contributed by atoms with Gasteiger partial charge in [0.1, 0.15) is 0 Å². The molecule has 0 atom stereocenters. The normalized spacial score (nSPS) is 12.0. The second-order valence-corrected chi connectivity index (χ2v) is 5.09. The fourth-order valence-corrected chi connectivity index (χ4v) is 2.23. The largest absolute Gasteiger partial charge is 0.466 e. The number of nitrogens with one attached hydrogen (secondary N) is 1. The average Bonchev–Trinajstić information content (AvgIpc) is 3.32. The minimum absolute atomic E-state index is 0.184. The van der Waals surface area contributed by atoms with E-state index in [1.165, 1.54) is 0 Å². The van der Waals surface area contributed by atoms with Gasteiger partial charge in [-0.05, 0) is 24.3 Å². The zero-order valence-corrected chi connectivity index (χ0v) is 13.0. The van der Waals surface area contributed by atoms with Gasteiger partial charge in [0.05, 0.1) is 0 Å². The van der Waals surface area contributed by atoms with Crippen LogP contribution in [0.5, 0.6) is 17.4 Å². The van der Waals surface area contributed by atoms with E-state index in [0.29, 0.717) is 23.0 Å².